The van der Waals surface area contributed by atoms with E-state index in [1.807, 2.05) is 12.1 Å². The monoisotopic (exact) mass is 571 g/mol. The van der Waals surface area contributed by atoms with Crippen LogP contribution in [0.25, 0.3) is 66.6 Å². The molecule has 7 aromatic rings. The van der Waals surface area contributed by atoms with Gasteiger partial charge in [0, 0.05) is 29.4 Å². The van der Waals surface area contributed by atoms with Crippen molar-refractivity contribution in [1.29, 1.82) is 10.9 Å². The number of anilines is 1. The summed E-state index contributed by atoms with van der Waals surface area (Å²) in [6, 6.07) is 44.7. The molecule has 0 fully saturated rings. The molecule has 0 unspecified atom stereocenters. The van der Waals surface area contributed by atoms with Crippen LogP contribution < -0.4 is 5.01 Å². The van der Waals surface area contributed by atoms with Crippen molar-refractivity contribution in [3.63, 3.8) is 0 Å². The number of furan rings is 1. The molecule has 5 aromatic carbocycles. The average molecular weight is 572 g/mol. The van der Waals surface area contributed by atoms with Crippen molar-refractivity contribution in [3.8, 4) is 44.6 Å². The van der Waals surface area contributed by atoms with E-state index < -0.39 is 0 Å². The van der Waals surface area contributed by atoms with Crippen LogP contribution >= 0.6 is 0 Å². The van der Waals surface area contributed by atoms with Gasteiger partial charge in [-0.2, -0.15) is 10.5 Å². The maximum atomic E-state index is 8.31. The van der Waals surface area contributed by atoms with E-state index in [4.69, 9.17) is 15.4 Å². The molecule has 1 aliphatic rings. The van der Waals surface area contributed by atoms with Gasteiger partial charge in [0.05, 0.1) is 0 Å². The van der Waals surface area contributed by atoms with E-state index in [9.17, 15) is 0 Å². The minimum atomic E-state index is 0.346. The molecule has 0 amide bonds. The fourth-order valence-corrected chi connectivity index (χ4v) is 6.39. The first kappa shape index (κ1) is 25.9. The van der Waals surface area contributed by atoms with Crippen molar-refractivity contribution in [2.45, 2.75) is 19.4 Å². The molecule has 44 heavy (non-hydrogen) atoms. The largest absolute Gasteiger partial charge is 0.456 e. The van der Waals surface area contributed by atoms with Crippen molar-refractivity contribution in [3.05, 3.63) is 127 Å². The second-order valence-electron chi connectivity index (χ2n) is 11.2. The average Bonchev–Trinajstić information content (AvgIpc) is 3.61. The Morgan fingerprint density at radius 2 is 1.14 bits per heavy atom. The molecule has 0 saturated heterocycles. The first-order chi connectivity index (χ1) is 21.7. The van der Waals surface area contributed by atoms with E-state index in [0.29, 0.717) is 12.3 Å². The summed E-state index contributed by atoms with van der Waals surface area (Å²) in [5, 5.41) is 15.5. The van der Waals surface area contributed by atoms with Gasteiger partial charge >= 0.3 is 0 Å². The summed E-state index contributed by atoms with van der Waals surface area (Å²) in [7, 11) is 0. The van der Waals surface area contributed by atoms with Crippen LogP contribution in [0, 0.1) is 10.9 Å². The van der Waals surface area contributed by atoms with Crippen molar-refractivity contribution < 1.29 is 4.42 Å². The Morgan fingerprint density at radius 3 is 1.75 bits per heavy atom. The molecule has 3 heterocycles. The Hall–Kier alpha value is -5.75. The SMILES string of the molecule is N=NN1C(=N)CCCn2c(-c3ccc4oc5ccc(-c6cc(-c7ccccc7)cc(-c7ccccc7)c6)cc5c4c3)ccc21. The van der Waals surface area contributed by atoms with E-state index >= 15 is 0 Å². The van der Waals surface area contributed by atoms with Crippen molar-refractivity contribution in [2.24, 2.45) is 5.22 Å². The highest BCUT2D eigenvalue weighted by Gasteiger charge is 2.23. The summed E-state index contributed by atoms with van der Waals surface area (Å²) >= 11 is 0. The number of rotatable bonds is 5. The Bertz CT molecular complexity index is 2140. The molecule has 0 bridgehead atoms. The lowest BCUT2D eigenvalue weighted by Crippen LogP contribution is -2.23. The predicted octanol–water partition coefficient (Wildman–Crippen LogP) is 10.6. The summed E-state index contributed by atoms with van der Waals surface area (Å²) in [5.41, 5.74) is 18.4. The van der Waals surface area contributed by atoms with Gasteiger partial charge in [0.15, 0.2) is 0 Å². The Kier molecular flexibility index (Phi) is 6.19. The van der Waals surface area contributed by atoms with Crippen LogP contribution in [-0.2, 0) is 6.54 Å². The quantitative estimate of drug-likeness (QED) is 0.202. The van der Waals surface area contributed by atoms with Gasteiger partial charge in [-0.3, -0.25) is 5.41 Å². The van der Waals surface area contributed by atoms with Gasteiger partial charge in [0.1, 0.15) is 22.8 Å². The zero-order chi connectivity index (χ0) is 29.6. The zero-order valence-electron chi connectivity index (χ0n) is 24.0. The van der Waals surface area contributed by atoms with Gasteiger partial charge in [0.2, 0.25) is 0 Å². The molecule has 0 saturated carbocycles. The topological polar surface area (TPSA) is 81.4 Å². The number of aromatic nitrogens is 1. The summed E-state index contributed by atoms with van der Waals surface area (Å²) in [5.74, 6) is 1.10. The Labute approximate surface area is 254 Å². The Morgan fingerprint density at radius 1 is 0.568 bits per heavy atom. The van der Waals surface area contributed by atoms with E-state index in [0.717, 1.165) is 63.1 Å². The third kappa shape index (κ3) is 4.39. The summed E-state index contributed by atoms with van der Waals surface area (Å²) in [6.07, 6.45) is 1.42. The normalized spacial score (nSPS) is 13.3. The number of hydrogen-bond acceptors (Lipinski definition) is 4. The van der Waals surface area contributed by atoms with Crippen molar-refractivity contribution >= 4 is 33.6 Å². The van der Waals surface area contributed by atoms with Gasteiger partial charge in [-0.05, 0) is 106 Å². The number of hydrogen-bond donors (Lipinski definition) is 2. The number of nitrogens with zero attached hydrogens (tertiary/aromatic N) is 3. The smallest absolute Gasteiger partial charge is 0.138 e. The highest BCUT2D eigenvalue weighted by Crippen LogP contribution is 2.39. The molecule has 0 aliphatic carbocycles. The van der Waals surface area contributed by atoms with E-state index in [1.165, 1.54) is 27.3 Å². The molecular formula is C38H29N5O. The van der Waals surface area contributed by atoms with Crippen molar-refractivity contribution in [2.75, 3.05) is 5.01 Å². The molecular weight excluding hydrogens is 542 g/mol. The first-order valence-electron chi connectivity index (χ1n) is 14.8. The number of fused-ring (bicyclic) bond motifs is 4. The highest BCUT2D eigenvalue weighted by atomic mass is 16.3. The predicted molar refractivity (Wildman–Crippen MR) is 178 cm³/mol. The third-order valence-electron chi connectivity index (χ3n) is 8.57. The van der Waals surface area contributed by atoms with Crippen LogP contribution in [0.5, 0.6) is 0 Å². The molecule has 0 radical (unpaired) electrons. The summed E-state index contributed by atoms with van der Waals surface area (Å²) in [4.78, 5) is 0. The summed E-state index contributed by atoms with van der Waals surface area (Å²) in [6.45, 7) is 0.766. The third-order valence-corrected chi connectivity index (χ3v) is 8.57. The van der Waals surface area contributed by atoms with E-state index in [1.54, 1.807) is 0 Å². The van der Waals surface area contributed by atoms with Crippen LogP contribution in [0.1, 0.15) is 12.8 Å². The van der Waals surface area contributed by atoms with E-state index in [2.05, 4.69) is 125 Å². The molecule has 1 aliphatic heterocycles. The zero-order valence-corrected chi connectivity index (χ0v) is 24.0. The molecule has 8 rings (SSSR count). The van der Waals surface area contributed by atoms with Gasteiger partial charge in [-0.1, -0.05) is 72.0 Å². The second kappa shape index (κ2) is 10.5. The second-order valence-corrected chi connectivity index (χ2v) is 11.2. The molecule has 6 nitrogen and oxygen atoms in total. The highest BCUT2D eigenvalue weighted by molar-refractivity contribution is 6.08. The Balaban J connectivity index is 1.26. The molecule has 212 valence electrons. The molecule has 0 spiro atoms. The standard InChI is InChI=1S/C38H29N5O/c39-37-12-7-19-42-34(15-18-38(42)43(37)41-40)28-14-17-36-33(24-28)32-23-27(13-16-35(32)44-36)31-21-29(25-8-3-1-4-9-25)20-30(22-31)26-10-5-2-6-11-26/h1-6,8-11,13-18,20-24,39-40H,7,12,19H2. The van der Waals surface area contributed by atoms with Crippen LogP contribution in [0.4, 0.5) is 5.82 Å². The lowest BCUT2D eigenvalue weighted by Gasteiger charge is -2.16. The van der Waals surface area contributed by atoms with Gasteiger partial charge in [-0.25, -0.2) is 0 Å². The number of nitrogens with one attached hydrogen (secondary N) is 2. The van der Waals surface area contributed by atoms with Gasteiger partial charge in [0.25, 0.3) is 0 Å². The van der Waals surface area contributed by atoms with Gasteiger partial charge < -0.3 is 8.98 Å². The summed E-state index contributed by atoms with van der Waals surface area (Å²) < 4.78 is 8.46. The number of amidine groups is 1. The molecule has 0 atom stereocenters. The van der Waals surface area contributed by atoms with Crippen LogP contribution in [0.3, 0.4) is 0 Å². The first-order valence-corrected chi connectivity index (χ1v) is 14.8. The van der Waals surface area contributed by atoms with Gasteiger partial charge in [-0.15, -0.1) is 0 Å². The minimum absolute atomic E-state index is 0.346. The van der Waals surface area contributed by atoms with Crippen LogP contribution in [-0.4, -0.2) is 10.4 Å². The molecule has 2 N–H and O–H groups in total. The van der Waals surface area contributed by atoms with Crippen LogP contribution in [0.15, 0.2) is 137 Å². The van der Waals surface area contributed by atoms with Crippen LogP contribution in [0.2, 0.25) is 0 Å². The maximum Gasteiger partial charge on any atom is 0.138 e. The van der Waals surface area contributed by atoms with E-state index in [-0.39, 0.29) is 0 Å². The van der Waals surface area contributed by atoms with Crippen molar-refractivity contribution in [1.82, 2.24) is 4.57 Å². The number of benzene rings is 5. The minimum Gasteiger partial charge on any atom is -0.456 e. The lowest BCUT2D eigenvalue weighted by molar-refractivity contribution is 0.669. The fourth-order valence-electron chi connectivity index (χ4n) is 6.39. The lowest BCUT2D eigenvalue weighted by atomic mass is 9.93. The fraction of sp³-hybridized carbons (Fsp3) is 0.0789. The maximum absolute atomic E-state index is 8.31. The molecule has 2 aromatic heterocycles. The molecule has 6 heteroatoms.